The van der Waals surface area contributed by atoms with Gasteiger partial charge in [0.1, 0.15) is 6.10 Å². The predicted octanol–water partition coefficient (Wildman–Crippen LogP) is 2.58. The van der Waals surface area contributed by atoms with Crippen LogP contribution in [0.4, 0.5) is 0 Å². The summed E-state index contributed by atoms with van der Waals surface area (Å²) in [7, 11) is 0. The van der Waals surface area contributed by atoms with Gasteiger partial charge in [-0.1, -0.05) is 20.8 Å². The van der Waals surface area contributed by atoms with Crippen LogP contribution in [0.1, 0.15) is 53.9 Å². The topological polar surface area (TPSA) is 48.0 Å². The van der Waals surface area contributed by atoms with E-state index in [2.05, 4.69) is 11.8 Å². The lowest BCUT2D eigenvalue weighted by atomic mass is 10.0. The molecule has 21 heavy (non-hydrogen) atoms. The van der Waals surface area contributed by atoms with Crippen molar-refractivity contribution in [1.29, 1.82) is 0 Å². The number of likely N-dealkylation sites (N-methyl/N-ethyl adjacent to an activating group) is 1. The molecule has 1 aliphatic rings. The molecular weight excluding hydrogens is 270 g/mol. The van der Waals surface area contributed by atoms with E-state index >= 15 is 0 Å². The Balaban J connectivity index is 2.41. The number of nitrogens with zero attached hydrogens (tertiary/aromatic N) is 1. The van der Waals surface area contributed by atoms with Crippen LogP contribution in [-0.4, -0.2) is 55.1 Å². The second kappa shape index (κ2) is 9.38. The Morgan fingerprint density at radius 3 is 2.43 bits per heavy atom. The van der Waals surface area contributed by atoms with E-state index in [0.717, 1.165) is 32.4 Å². The minimum atomic E-state index is -0.178. The van der Waals surface area contributed by atoms with Crippen LogP contribution < -0.4 is 0 Å². The smallest absolute Gasteiger partial charge is 0.320 e. The molecule has 0 aromatic carbocycles. The zero-order chi connectivity index (χ0) is 15.8. The second-order valence-corrected chi connectivity index (χ2v) is 5.73. The van der Waals surface area contributed by atoms with Crippen molar-refractivity contribution in [2.24, 2.45) is 0 Å². The molecule has 1 aliphatic heterocycles. The third-order valence-corrected chi connectivity index (χ3v) is 3.93. The third kappa shape index (κ3) is 6.76. The molecule has 4 unspecified atom stereocenters. The number of rotatable bonds is 8. The molecule has 1 saturated heterocycles. The molecule has 0 spiro atoms. The van der Waals surface area contributed by atoms with Crippen LogP contribution >= 0.6 is 0 Å². The number of esters is 1. The molecule has 5 heteroatoms. The lowest BCUT2D eigenvalue weighted by molar-refractivity contribution is -0.234. The highest BCUT2D eigenvalue weighted by Gasteiger charge is 2.28. The first-order chi connectivity index (χ1) is 9.98. The molecule has 0 bridgehead atoms. The van der Waals surface area contributed by atoms with E-state index < -0.39 is 0 Å². The maximum atomic E-state index is 12.0. The fourth-order valence-electron chi connectivity index (χ4n) is 2.71. The fourth-order valence-corrected chi connectivity index (χ4v) is 2.71. The molecule has 1 rings (SSSR count). The van der Waals surface area contributed by atoms with Gasteiger partial charge in [-0.05, 0) is 39.8 Å². The van der Waals surface area contributed by atoms with Crippen molar-refractivity contribution < 1.29 is 19.0 Å². The molecule has 0 saturated carbocycles. The average molecular weight is 301 g/mol. The van der Waals surface area contributed by atoms with E-state index in [4.69, 9.17) is 14.2 Å². The van der Waals surface area contributed by atoms with Crippen molar-refractivity contribution in [1.82, 2.24) is 4.90 Å². The average Bonchev–Trinajstić information content (AvgIpc) is 2.42. The van der Waals surface area contributed by atoms with Crippen LogP contribution in [0.2, 0.25) is 0 Å². The molecule has 0 N–H and O–H groups in total. The first kappa shape index (κ1) is 18.4. The maximum Gasteiger partial charge on any atom is 0.320 e. The summed E-state index contributed by atoms with van der Waals surface area (Å²) in [4.78, 5) is 14.0. The Bertz CT molecular complexity index is 297. The van der Waals surface area contributed by atoms with Crippen molar-refractivity contribution in [2.45, 2.75) is 78.5 Å². The number of hydrogen-bond acceptors (Lipinski definition) is 5. The van der Waals surface area contributed by atoms with E-state index in [-0.39, 0.29) is 30.6 Å². The molecule has 0 radical (unpaired) electrons. The quantitative estimate of drug-likeness (QED) is 0.645. The van der Waals surface area contributed by atoms with Gasteiger partial charge < -0.3 is 14.2 Å². The Morgan fingerprint density at radius 1 is 1.24 bits per heavy atom. The predicted molar refractivity (Wildman–Crippen MR) is 82.1 cm³/mol. The first-order valence-corrected chi connectivity index (χ1v) is 8.21. The van der Waals surface area contributed by atoms with E-state index in [0.29, 0.717) is 6.54 Å². The van der Waals surface area contributed by atoms with Crippen LogP contribution in [0.3, 0.4) is 0 Å². The molecule has 124 valence electrons. The van der Waals surface area contributed by atoms with Crippen molar-refractivity contribution in [3.05, 3.63) is 0 Å². The maximum absolute atomic E-state index is 12.0. The number of carbonyl (C=O) groups excluding carboxylic acids is 1. The minimum absolute atomic E-state index is 0.0736. The monoisotopic (exact) mass is 301 g/mol. The van der Waals surface area contributed by atoms with Gasteiger partial charge in [0.2, 0.25) is 0 Å². The van der Waals surface area contributed by atoms with Gasteiger partial charge in [-0.25, -0.2) is 0 Å². The standard InChI is InChI=1S/C16H31NO4/c1-6-14(21-16(18)11-17(7-2)8-3)10-15-9-12(4)19-13(5)20-15/h12-15H,6-11H2,1-5H3. The van der Waals surface area contributed by atoms with E-state index in [1.54, 1.807) is 0 Å². The van der Waals surface area contributed by atoms with Gasteiger partial charge in [-0.15, -0.1) is 0 Å². The highest BCUT2D eigenvalue weighted by Crippen LogP contribution is 2.23. The second-order valence-electron chi connectivity index (χ2n) is 5.73. The van der Waals surface area contributed by atoms with Gasteiger partial charge in [0, 0.05) is 6.42 Å². The number of ether oxygens (including phenoxy) is 3. The van der Waals surface area contributed by atoms with Crippen molar-refractivity contribution in [3.63, 3.8) is 0 Å². The summed E-state index contributed by atoms with van der Waals surface area (Å²) in [5.74, 6) is -0.140. The van der Waals surface area contributed by atoms with Gasteiger partial charge >= 0.3 is 5.97 Å². The Kier molecular flexibility index (Phi) is 8.22. The van der Waals surface area contributed by atoms with E-state index in [9.17, 15) is 4.79 Å². The van der Waals surface area contributed by atoms with Crippen LogP contribution in [0.5, 0.6) is 0 Å². The molecule has 1 fully saturated rings. The van der Waals surface area contributed by atoms with Gasteiger partial charge in [0.15, 0.2) is 6.29 Å². The summed E-state index contributed by atoms with van der Waals surface area (Å²) in [6.07, 6.45) is 2.47. The number of hydrogen-bond donors (Lipinski definition) is 0. The normalized spacial score (nSPS) is 27.6. The molecule has 4 atom stereocenters. The lowest BCUT2D eigenvalue weighted by Gasteiger charge is -2.34. The number of carbonyl (C=O) groups is 1. The minimum Gasteiger partial charge on any atom is -0.461 e. The summed E-state index contributed by atoms with van der Waals surface area (Å²) < 4.78 is 16.9. The molecule has 5 nitrogen and oxygen atoms in total. The van der Waals surface area contributed by atoms with Gasteiger partial charge in [-0.2, -0.15) is 0 Å². The molecule has 0 aliphatic carbocycles. The lowest BCUT2D eigenvalue weighted by Crippen LogP contribution is -2.38. The zero-order valence-corrected chi connectivity index (χ0v) is 14.1. The van der Waals surface area contributed by atoms with E-state index in [1.807, 2.05) is 27.7 Å². The van der Waals surface area contributed by atoms with Gasteiger partial charge in [0.25, 0.3) is 0 Å². The summed E-state index contributed by atoms with van der Waals surface area (Å²) in [6, 6.07) is 0. The van der Waals surface area contributed by atoms with Gasteiger partial charge in [-0.3, -0.25) is 9.69 Å². The van der Waals surface area contributed by atoms with Crippen molar-refractivity contribution >= 4 is 5.97 Å². The van der Waals surface area contributed by atoms with Gasteiger partial charge in [0.05, 0.1) is 18.8 Å². The largest absolute Gasteiger partial charge is 0.461 e. The fraction of sp³-hybridized carbons (Fsp3) is 0.938. The van der Waals surface area contributed by atoms with Crippen molar-refractivity contribution in [2.75, 3.05) is 19.6 Å². The Labute approximate surface area is 128 Å². The highest BCUT2D eigenvalue weighted by atomic mass is 16.7. The first-order valence-electron chi connectivity index (χ1n) is 8.21. The van der Waals surface area contributed by atoms with Crippen LogP contribution in [0.15, 0.2) is 0 Å². The Morgan fingerprint density at radius 2 is 1.90 bits per heavy atom. The summed E-state index contributed by atoms with van der Waals surface area (Å²) in [6.45, 7) is 12.2. The van der Waals surface area contributed by atoms with Crippen LogP contribution in [0, 0.1) is 0 Å². The summed E-state index contributed by atoms with van der Waals surface area (Å²) in [5.41, 5.74) is 0. The third-order valence-electron chi connectivity index (χ3n) is 3.93. The molecule has 0 aromatic heterocycles. The van der Waals surface area contributed by atoms with Crippen molar-refractivity contribution in [3.8, 4) is 0 Å². The summed E-state index contributed by atoms with van der Waals surface area (Å²) in [5, 5.41) is 0. The zero-order valence-electron chi connectivity index (χ0n) is 14.1. The molecule has 0 aromatic rings. The Hall–Kier alpha value is -0.650. The highest BCUT2D eigenvalue weighted by molar-refractivity contribution is 5.71. The summed E-state index contributed by atoms with van der Waals surface area (Å²) >= 11 is 0. The van der Waals surface area contributed by atoms with E-state index in [1.165, 1.54) is 0 Å². The van der Waals surface area contributed by atoms with Crippen LogP contribution in [-0.2, 0) is 19.0 Å². The molecule has 1 heterocycles. The SMILES string of the molecule is CCC(CC1CC(C)OC(C)O1)OC(=O)CN(CC)CC. The molecule has 0 amide bonds. The molecular formula is C16H31NO4. The van der Waals surface area contributed by atoms with Crippen LogP contribution in [0.25, 0.3) is 0 Å².